The van der Waals surface area contributed by atoms with Crippen molar-refractivity contribution >= 4 is 11.4 Å². The smallest absolute Gasteiger partial charge is 0.0715 e. The lowest BCUT2D eigenvalue weighted by atomic mass is 9.99. The van der Waals surface area contributed by atoms with E-state index in [-0.39, 0.29) is 0 Å². The van der Waals surface area contributed by atoms with E-state index < -0.39 is 0 Å². The highest BCUT2D eigenvalue weighted by molar-refractivity contribution is 5.77. The normalized spacial score (nSPS) is 10.7. The minimum absolute atomic E-state index is 0.982. The van der Waals surface area contributed by atoms with Gasteiger partial charge in [0.1, 0.15) is 0 Å². The summed E-state index contributed by atoms with van der Waals surface area (Å²) in [4.78, 5) is 9.26. The Kier molecular flexibility index (Phi) is 5.77. The van der Waals surface area contributed by atoms with Crippen LogP contribution in [0.4, 0.5) is 11.4 Å². The Morgan fingerprint density at radius 3 is 1.26 bits per heavy atom. The Labute approximate surface area is 185 Å². The first-order valence-corrected chi connectivity index (χ1v) is 10.6. The second-order valence-corrected chi connectivity index (χ2v) is 8.37. The second-order valence-electron chi connectivity index (χ2n) is 8.37. The lowest BCUT2D eigenvalue weighted by Crippen LogP contribution is -2.08. The molecular weight excluding hydrogens is 378 g/mol. The van der Waals surface area contributed by atoms with Crippen LogP contribution in [0.25, 0.3) is 33.6 Å². The zero-order chi connectivity index (χ0) is 22.0. The summed E-state index contributed by atoms with van der Waals surface area (Å²) in [7, 11) is 8.23. The van der Waals surface area contributed by atoms with Crippen LogP contribution >= 0.6 is 0 Å². The number of nitrogens with zero attached hydrogens (tertiary/aromatic N) is 3. The standard InChI is InChI=1S/C28H29N3/c1-20-6-8-21(9-7-20)24-18-27(22-10-14-25(15-11-22)30(2)3)29-28(19-24)23-12-16-26(17-13-23)31(4)5/h6-19H,1-5H3. The molecule has 3 aromatic carbocycles. The lowest BCUT2D eigenvalue weighted by molar-refractivity contribution is 1.13. The maximum Gasteiger partial charge on any atom is 0.0715 e. The molecule has 0 atom stereocenters. The number of aromatic nitrogens is 1. The average Bonchev–Trinajstić information content (AvgIpc) is 2.79. The number of rotatable bonds is 5. The molecule has 4 aromatic rings. The Balaban J connectivity index is 1.83. The molecule has 0 fully saturated rings. The van der Waals surface area contributed by atoms with E-state index in [1.807, 2.05) is 0 Å². The molecule has 0 saturated carbocycles. The quantitative estimate of drug-likeness (QED) is 0.375. The summed E-state index contributed by atoms with van der Waals surface area (Å²) >= 11 is 0. The SMILES string of the molecule is Cc1ccc(-c2cc(-c3ccc(N(C)C)cc3)nc(-c3ccc(N(C)C)cc3)c2)cc1. The van der Waals surface area contributed by atoms with Crippen molar-refractivity contribution in [2.75, 3.05) is 38.0 Å². The minimum atomic E-state index is 0.982. The second kappa shape index (κ2) is 8.65. The maximum absolute atomic E-state index is 5.04. The Morgan fingerprint density at radius 1 is 0.484 bits per heavy atom. The molecule has 0 radical (unpaired) electrons. The number of pyridine rings is 1. The molecule has 1 aromatic heterocycles. The van der Waals surface area contributed by atoms with Gasteiger partial charge in [-0.05, 0) is 54.4 Å². The number of anilines is 2. The van der Waals surface area contributed by atoms with Crippen LogP contribution in [0.1, 0.15) is 5.56 Å². The van der Waals surface area contributed by atoms with Crippen LogP contribution in [0.2, 0.25) is 0 Å². The van der Waals surface area contributed by atoms with Crippen LogP contribution in [0.5, 0.6) is 0 Å². The van der Waals surface area contributed by atoms with Gasteiger partial charge in [-0.25, -0.2) is 4.98 Å². The molecule has 0 bridgehead atoms. The van der Waals surface area contributed by atoms with Gasteiger partial charge in [0.05, 0.1) is 11.4 Å². The molecule has 1 heterocycles. The van der Waals surface area contributed by atoms with Crippen LogP contribution in [-0.2, 0) is 0 Å². The zero-order valence-electron chi connectivity index (χ0n) is 18.9. The molecule has 4 rings (SSSR count). The zero-order valence-corrected chi connectivity index (χ0v) is 18.9. The van der Waals surface area contributed by atoms with Crippen molar-refractivity contribution in [2.24, 2.45) is 0 Å². The van der Waals surface area contributed by atoms with Crippen molar-refractivity contribution in [1.82, 2.24) is 4.98 Å². The number of hydrogen-bond acceptors (Lipinski definition) is 3. The Bertz CT molecular complexity index is 1090. The fourth-order valence-corrected chi connectivity index (χ4v) is 3.60. The third kappa shape index (κ3) is 4.61. The van der Waals surface area contributed by atoms with Gasteiger partial charge in [0, 0.05) is 50.7 Å². The highest BCUT2D eigenvalue weighted by Crippen LogP contribution is 2.31. The topological polar surface area (TPSA) is 19.4 Å². The molecule has 0 saturated heterocycles. The van der Waals surface area contributed by atoms with Crippen LogP contribution < -0.4 is 9.80 Å². The average molecular weight is 408 g/mol. The summed E-state index contributed by atoms with van der Waals surface area (Å²) < 4.78 is 0. The minimum Gasteiger partial charge on any atom is -0.378 e. The van der Waals surface area contributed by atoms with E-state index in [9.17, 15) is 0 Å². The summed E-state index contributed by atoms with van der Waals surface area (Å²) in [5.74, 6) is 0. The predicted molar refractivity (Wildman–Crippen MR) is 134 cm³/mol. The summed E-state index contributed by atoms with van der Waals surface area (Å²) in [6, 6.07) is 30.2. The van der Waals surface area contributed by atoms with Crippen molar-refractivity contribution < 1.29 is 0 Å². The van der Waals surface area contributed by atoms with Crippen molar-refractivity contribution in [2.45, 2.75) is 6.92 Å². The van der Waals surface area contributed by atoms with Gasteiger partial charge >= 0.3 is 0 Å². The molecule has 3 heteroatoms. The van der Waals surface area contributed by atoms with Gasteiger partial charge in [0.2, 0.25) is 0 Å². The van der Waals surface area contributed by atoms with Crippen LogP contribution in [0, 0.1) is 6.92 Å². The largest absolute Gasteiger partial charge is 0.378 e. The summed E-state index contributed by atoms with van der Waals surface area (Å²) in [6.45, 7) is 2.12. The van der Waals surface area contributed by atoms with E-state index in [2.05, 4.69) is 130 Å². The molecule has 0 aliphatic rings. The van der Waals surface area contributed by atoms with E-state index >= 15 is 0 Å². The van der Waals surface area contributed by atoms with Crippen molar-refractivity contribution in [3.8, 4) is 33.6 Å². The number of hydrogen-bond donors (Lipinski definition) is 0. The van der Waals surface area contributed by atoms with Crippen LogP contribution in [0.3, 0.4) is 0 Å². The van der Waals surface area contributed by atoms with E-state index in [4.69, 9.17) is 4.98 Å². The molecule has 0 unspecified atom stereocenters. The van der Waals surface area contributed by atoms with Gasteiger partial charge in [0.25, 0.3) is 0 Å². The molecule has 3 nitrogen and oxygen atoms in total. The fourth-order valence-electron chi connectivity index (χ4n) is 3.60. The Hall–Kier alpha value is -3.59. The van der Waals surface area contributed by atoms with Gasteiger partial charge < -0.3 is 9.80 Å². The maximum atomic E-state index is 5.04. The highest BCUT2D eigenvalue weighted by atomic mass is 15.1. The van der Waals surface area contributed by atoms with Crippen LogP contribution in [0.15, 0.2) is 84.9 Å². The molecule has 0 amide bonds. The number of benzene rings is 3. The van der Waals surface area contributed by atoms with Crippen molar-refractivity contribution in [3.05, 3.63) is 90.5 Å². The fraction of sp³-hybridized carbons (Fsp3) is 0.179. The molecule has 0 aliphatic carbocycles. The monoisotopic (exact) mass is 407 g/mol. The molecule has 31 heavy (non-hydrogen) atoms. The van der Waals surface area contributed by atoms with Gasteiger partial charge in [-0.2, -0.15) is 0 Å². The van der Waals surface area contributed by atoms with E-state index in [0.29, 0.717) is 0 Å². The number of aryl methyl sites for hydroxylation is 1. The third-order valence-corrected chi connectivity index (χ3v) is 5.57. The molecular formula is C28H29N3. The highest BCUT2D eigenvalue weighted by Gasteiger charge is 2.10. The molecule has 156 valence electrons. The van der Waals surface area contributed by atoms with E-state index in [0.717, 1.165) is 22.5 Å². The summed E-state index contributed by atoms with van der Waals surface area (Å²) in [5.41, 5.74) is 10.2. The van der Waals surface area contributed by atoms with Gasteiger partial charge in [-0.15, -0.1) is 0 Å². The summed E-state index contributed by atoms with van der Waals surface area (Å²) in [5, 5.41) is 0. The lowest BCUT2D eigenvalue weighted by Gasteiger charge is -2.15. The molecule has 0 N–H and O–H groups in total. The van der Waals surface area contributed by atoms with Crippen molar-refractivity contribution in [1.29, 1.82) is 0 Å². The molecule has 0 spiro atoms. The molecule has 0 aliphatic heterocycles. The van der Waals surface area contributed by atoms with Crippen molar-refractivity contribution in [3.63, 3.8) is 0 Å². The predicted octanol–water partition coefficient (Wildman–Crippen LogP) is 6.52. The summed E-state index contributed by atoms with van der Waals surface area (Å²) in [6.07, 6.45) is 0. The first kappa shape index (κ1) is 20.7. The van der Waals surface area contributed by atoms with Gasteiger partial charge in [-0.3, -0.25) is 0 Å². The third-order valence-electron chi connectivity index (χ3n) is 5.57. The van der Waals surface area contributed by atoms with E-state index in [1.165, 1.54) is 28.1 Å². The first-order chi connectivity index (χ1) is 14.9. The van der Waals surface area contributed by atoms with Gasteiger partial charge in [0.15, 0.2) is 0 Å². The first-order valence-electron chi connectivity index (χ1n) is 10.6. The Morgan fingerprint density at radius 2 is 0.871 bits per heavy atom. The van der Waals surface area contributed by atoms with Crippen LogP contribution in [-0.4, -0.2) is 33.2 Å². The van der Waals surface area contributed by atoms with Gasteiger partial charge in [-0.1, -0.05) is 54.1 Å². The van der Waals surface area contributed by atoms with E-state index in [1.54, 1.807) is 0 Å².